The Morgan fingerprint density at radius 3 is 2.89 bits per heavy atom. The molecule has 0 fully saturated rings. The number of nitrogens with zero attached hydrogens (tertiary/aromatic N) is 1. The van der Waals surface area contributed by atoms with Crippen molar-refractivity contribution >= 4 is 18.5 Å². The molecule has 0 unspecified atom stereocenters. The molecule has 0 saturated heterocycles. The van der Waals surface area contributed by atoms with E-state index in [-0.39, 0.29) is 0 Å². The first-order valence-corrected chi connectivity index (χ1v) is 2.80. The van der Waals surface area contributed by atoms with E-state index in [1.807, 2.05) is 0 Å². The summed E-state index contributed by atoms with van der Waals surface area (Å²) in [5, 5.41) is 0. The minimum absolute atomic E-state index is 0.292. The number of aromatic nitrogens is 1. The number of pyridine rings is 1. The average molecular weight is 144 g/mol. The summed E-state index contributed by atoms with van der Waals surface area (Å²) in [4.78, 5) is 3.37. The van der Waals surface area contributed by atoms with Crippen LogP contribution in [-0.4, -0.2) is 4.98 Å². The summed E-state index contributed by atoms with van der Waals surface area (Å²) in [6.07, 6.45) is 1.38. The van der Waals surface area contributed by atoms with Crippen molar-refractivity contribution in [2.24, 2.45) is 0 Å². The van der Waals surface area contributed by atoms with Gasteiger partial charge in [-0.05, 0) is 12.1 Å². The number of hydrogen-bond donors (Lipinski definition) is 2. The summed E-state index contributed by atoms with van der Waals surface area (Å²) >= 11 is 3.65. The minimum atomic E-state index is -0.535. The highest BCUT2D eigenvalue weighted by Crippen LogP contribution is 2.09. The largest absolute Gasteiger partial charge is 0.329 e. The number of thiol groups is 1. The summed E-state index contributed by atoms with van der Waals surface area (Å²) < 4.78 is 14.7. The second-order valence-electron chi connectivity index (χ2n) is 1.45. The van der Waals surface area contributed by atoms with Crippen molar-refractivity contribution in [2.45, 2.75) is 0 Å². The third kappa shape index (κ3) is 1.32. The lowest BCUT2D eigenvalue weighted by molar-refractivity contribution is 0.589. The molecule has 0 atom stereocenters. The van der Waals surface area contributed by atoms with Crippen LogP contribution in [0.1, 0.15) is 0 Å². The molecule has 0 aliphatic carbocycles. The Bertz CT molecular complexity index is 204. The zero-order chi connectivity index (χ0) is 6.69. The quantitative estimate of drug-likeness (QED) is 0.461. The lowest BCUT2D eigenvalue weighted by Gasteiger charge is -1.95. The van der Waals surface area contributed by atoms with Crippen LogP contribution in [0.15, 0.2) is 18.3 Å². The molecule has 1 heterocycles. The van der Waals surface area contributed by atoms with Gasteiger partial charge in [0.05, 0.1) is 5.69 Å². The molecule has 1 aromatic heterocycles. The van der Waals surface area contributed by atoms with E-state index in [1.54, 1.807) is 12.1 Å². The summed E-state index contributed by atoms with van der Waals surface area (Å²) in [7, 11) is 0. The predicted molar refractivity (Wildman–Crippen MR) is 36.8 cm³/mol. The van der Waals surface area contributed by atoms with Gasteiger partial charge >= 0.3 is 0 Å². The highest BCUT2D eigenvalue weighted by atomic mass is 32.1. The molecule has 4 heteroatoms. The average Bonchev–Trinajstić information content (AvgIpc) is 1.89. The van der Waals surface area contributed by atoms with Gasteiger partial charge in [0.25, 0.3) is 0 Å². The van der Waals surface area contributed by atoms with Crippen LogP contribution in [0.4, 0.5) is 10.1 Å². The van der Waals surface area contributed by atoms with Crippen LogP contribution in [0.3, 0.4) is 0 Å². The van der Waals surface area contributed by atoms with E-state index >= 15 is 0 Å². The molecule has 0 aliphatic rings. The van der Waals surface area contributed by atoms with Gasteiger partial charge in [0, 0.05) is 6.20 Å². The third-order valence-corrected chi connectivity index (χ3v) is 1.12. The topological polar surface area (TPSA) is 24.9 Å². The fraction of sp³-hybridized carbons (Fsp3) is 0. The molecule has 0 radical (unpaired) electrons. The highest BCUT2D eigenvalue weighted by Gasteiger charge is 1.95. The van der Waals surface area contributed by atoms with E-state index in [0.717, 1.165) is 0 Å². The standard InChI is InChI=1S/C5H5FN2S/c6-5-4(8-9)2-1-3-7-5/h1-3,8-9H. The van der Waals surface area contributed by atoms with Crippen LogP contribution in [0.25, 0.3) is 0 Å². The summed E-state index contributed by atoms with van der Waals surface area (Å²) in [5.74, 6) is -0.535. The molecule has 0 saturated carbocycles. The maximum Gasteiger partial charge on any atom is 0.237 e. The van der Waals surface area contributed by atoms with E-state index in [1.165, 1.54) is 6.20 Å². The first kappa shape index (κ1) is 6.35. The van der Waals surface area contributed by atoms with Crippen molar-refractivity contribution in [2.75, 3.05) is 4.72 Å². The number of rotatable bonds is 1. The van der Waals surface area contributed by atoms with E-state index in [4.69, 9.17) is 0 Å². The van der Waals surface area contributed by atoms with Crippen LogP contribution >= 0.6 is 12.8 Å². The molecule has 48 valence electrons. The normalized spacial score (nSPS) is 9.11. The van der Waals surface area contributed by atoms with Gasteiger partial charge in [0.15, 0.2) is 0 Å². The molecule has 0 bridgehead atoms. The van der Waals surface area contributed by atoms with Crippen molar-refractivity contribution in [1.29, 1.82) is 0 Å². The van der Waals surface area contributed by atoms with Crippen molar-refractivity contribution in [3.63, 3.8) is 0 Å². The minimum Gasteiger partial charge on any atom is -0.329 e. The van der Waals surface area contributed by atoms with Gasteiger partial charge in [-0.1, -0.05) is 12.8 Å². The summed E-state index contributed by atoms with van der Waals surface area (Å²) in [6.45, 7) is 0. The van der Waals surface area contributed by atoms with Gasteiger partial charge in [0.1, 0.15) is 0 Å². The Kier molecular flexibility index (Phi) is 1.89. The molecule has 9 heavy (non-hydrogen) atoms. The predicted octanol–water partition coefficient (Wildman–Crippen LogP) is 1.48. The van der Waals surface area contributed by atoms with Gasteiger partial charge in [0.2, 0.25) is 5.95 Å². The number of anilines is 1. The SMILES string of the molecule is Fc1ncccc1NS. The second-order valence-corrected chi connectivity index (χ2v) is 1.68. The van der Waals surface area contributed by atoms with Crippen LogP contribution in [0.2, 0.25) is 0 Å². The van der Waals surface area contributed by atoms with Crippen LogP contribution in [0.5, 0.6) is 0 Å². The Labute approximate surface area is 57.7 Å². The third-order valence-electron chi connectivity index (χ3n) is 0.880. The lowest BCUT2D eigenvalue weighted by Crippen LogP contribution is -1.87. The molecule has 0 amide bonds. The number of hydrogen-bond acceptors (Lipinski definition) is 3. The molecule has 0 aliphatic heterocycles. The van der Waals surface area contributed by atoms with E-state index < -0.39 is 5.95 Å². The molecular formula is C5H5FN2S. The maximum atomic E-state index is 12.4. The van der Waals surface area contributed by atoms with Crippen molar-refractivity contribution in [1.82, 2.24) is 4.98 Å². The lowest BCUT2D eigenvalue weighted by atomic mass is 10.4. The number of halogens is 1. The van der Waals surface area contributed by atoms with Gasteiger partial charge in [-0.25, -0.2) is 4.98 Å². The summed E-state index contributed by atoms with van der Waals surface area (Å²) in [5.41, 5.74) is 0.292. The van der Waals surface area contributed by atoms with Crippen molar-refractivity contribution in [3.8, 4) is 0 Å². The van der Waals surface area contributed by atoms with Crippen molar-refractivity contribution in [3.05, 3.63) is 24.3 Å². The highest BCUT2D eigenvalue weighted by molar-refractivity contribution is 7.81. The fourth-order valence-electron chi connectivity index (χ4n) is 0.469. The van der Waals surface area contributed by atoms with Crippen LogP contribution in [-0.2, 0) is 0 Å². The first-order chi connectivity index (χ1) is 4.34. The van der Waals surface area contributed by atoms with E-state index in [0.29, 0.717) is 5.69 Å². The Morgan fingerprint density at radius 2 is 2.44 bits per heavy atom. The monoisotopic (exact) mass is 144 g/mol. The maximum absolute atomic E-state index is 12.4. The first-order valence-electron chi connectivity index (χ1n) is 2.35. The molecule has 0 aromatic carbocycles. The zero-order valence-electron chi connectivity index (χ0n) is 4.50. The van der Waals surface area contributed by atoms with Gasteiger partial charge in [-0.15, -0.1) is 0 Å². The Balaban J connectivity index is 3.01. The molecule has 1 N–H and O–H groups in total. The molecular weight excluding hydrogens is 139 g/mol. The smallest absolute Gasteiger partial charge is 0.237 e. The van der Waals surface area contributed by atoms with E-state index in [2.05, 4.69) is 22.5 Å². The molecule has 0 spiro atoms. The fourth-order valence-corrected chi connectivity index (χ4v) is 0.636. The van der Waals surface area contributed by atoms with E-state index in [9.17, 15) is 4.39 Å². The Morgan fingerprint density at radius 1 is 1.67 bits per heavy atom. The zero-order valence-corrected chi connectivity index (χ0v) is 5.40. The van der Waals surface area contributed by atoms with Gasteiger partial charge in [-0.3, -0.25) is 0 Å². The molecule has 1 aromatic rings. The Hall–Kier alpha value is -0.770. The van der Waals surface area contributed by atoms with Crippen LogP contribution in [0, 0.1) is 5.95 Å². The molecule has 2 nitrogen and oxygen atoms in total. The van der Waals surface area contributed by atoms with Crippen molar-refractivity contribution < 1.29 is 4.39 Å². The van der Waals surface area contributed by atoms with Crippen LogP contribution < -0.4 is 4.72 Å². The second kappa shape index (κ2) is 2.68. The molecule has 1 rings (SSSR count). The number of nitrogens with one attached hydrogen (secondary N) is 1. The summed E-state index contributed by atoms with van der Waals surface area (Å²) in [6, 6.07) is 3.18. The van der Waals surface area contributed by atoms with Gasteiger partial charge < -0.3 is 4.72 Å². The van der Waals surface area contributed by atoms with Gasteiger partial charge in [-0.2, -0.15) is 4.39 Å².